The Hall–Kier alpha value is -1.20. The minimum atomic E-state index is -3.44. The van der Waals surface area contributed by atoms with Gasteiger partial charge in [0.05, 0.1) is 0 Å². The Labute approximate surface area is 108 Å². The van der Waals surface area contributed by atoms with Crippen LogP contribution in [0, 0.1) is 0 Å². The molecule has 0 spiro atoms. The summed E-state index contributed by atoms with van der Waals surface area (Å²) in [4.78, 5) is 4.07. The Kier molecular flexibility index (Phi) is 4.14. The highest BCUT2D eigenvalue weighted by Crippen LogP contribution is 2.22. The van der Waals surface area contributed by atoms with E-state index in [1.54, 1.807) is 22.5 Å². The van der Waals surface area contributed by atoms with Crippen molar-refractivity contribution < 1.29 is 8.42 Å². The molecule has 0 amide bonds. The number of nitrogens with zero attached hydrogens (tertiary/aromatic N) is 2. The van der Waals surface area contributed by atoms with Gasteiger partial charge in [-0.15, -0.1) is 6.58 Å². The fourth-order valence-corrected chi connectivity index (χ4v) is 3.86. The van der Waals surface area contributed by atoms with Gasteiger partial charge in [-0.2, -0.15) is 4.31 Å². The normalized spacial score (nSPS) is 17.6. The van der Waals surface area contributed by atoms with Crippen molar-refractivity contribution in [3.63, 3.8) is 0 Å². The van der Waals surface area contributed by atoms with Crippen LogP contribution in [0.25, 0.3) is 0 Å². The first kappa shape index (κ1) is 13.2. The van der Waals surface area contributed by atoms with Crippen LogP contribution in [0.15, 0.2) is 36.0 Å². The molecule has 18 heavy (non-hydrogen) atoms. The summed E-state index contributed by atoms with van der Waals surface area (Å²) in [6, 6.07) is 3.56. The molecule has 1 fully saturated rings. The highest BCUT2D eigenvalue weighted by Gasteiger charge is 2.28. The van der Waals surface area contributed by atoms with Gasteiger partial charge < -0.3 is 0 Å². The van der Waals surface area contributed by atoms with Crippen LogP contribution >= 0.6 is 0 Å². The van der Waals surface area contributed by atoms with Gasteiger partial charge in [-0.25, -0.2) is 13.4 Å². The van der Waals surface area contributed by atoms with Gasteiger partial charge in [0.2, 0.25) is 0 Å². The molecule has 0 N–H and O–H groups in total. The Morgan fingerprint density at radius 2 is 2.06 bits per heavy atom. The summed E-state index contributed by atoms with van der Waals surface area (Å²) in [5.41, 5.74) is 0.720. The quantitative estimate of drug-likeness (QED) is 0.783. The van der Waals surface area contributed by atoms with Crippen LogP contribution in [0.2, 0.25) is 0 Å². The highest BCUT2D eigenvalue weighted by atomic mass is 32.2. The van der Waals surface area contributed by atoms with Crippen molar-refractivity contribution in [1.82, 2.24) is 9.29 Å². The molecule has 0 radical (unpaired) electrons. The Morgan fingerprint density at radius 3 is 2.72 bits per heavy atom. The summed E-state index contributed by atoms with van der Waals surface area (Å²) < 4.78 is 26.6. The lowest BCUT2D eigenvalue weighted by Crippen LogP contribution is -2.36. The van der Waals surface area contributed by atoms with Crippen LogP contribution in [-0.2, 0) is 16.4 Å². The maximum Gasteiger partial charge on any atom is 0.260 e. The third kappa shape index (κ3) is 2.62. The Bertz CT molecular complexity index is 520. The van der Waals surface area contributed by atoms with E-state index in [9.17, 15) is 8.42 Å². The molecule has 1 aliphatic heterocycles. The van der Waals surface area contributed by atoms with Gasteiger partial charge in [0, 0.05) is 19.3 Å². The molecule has 2 rings (SSSR count). The second-order valence-electron chi connectivity index (χ2n) is 4.43. The zero-order chi connectivity index (χ0) is 13.0. The lowest BCUT2D eigenvalue weighted by Gasteiger charge is -2.26. The second-order valence-corrected chi connectivity index (χ2v) is 6.28. The van der Waals surface area contributed by atoms with Gasteiger partial charge in [-0.05, 0) is 30.9 Å². The number of rotatable bonds is 4. The van der Waals surface area contributed by atoms with Gasteiger partial charge in [-0.1, -0.05) is 18.6 Å². The SMILES string of the molecule is C=CCc1cccnc1S(=O)(=O)N1CCCCC1. The molecule has 1 aromatic rings. The maximum absolute atomic E-state index is 12.5. The molecule has 2 heterocycles. The van der Waals surface area contributed by atoms with E-state index in [0.717, 1.165) is 24.8 Å². The van der Waals surface area contributed by atoms with Gasteiger partial charge in [0.25, 0.3) is 10.0 Å². The number of allylic oxidation sites excluding steroid dienone is 1. The van der Waals surface area contributed by atoms with Gasteiger partial charge in [-0.3, -0.25) is 0 Å². The number of aromatic nitrogens is 1. The summed E-state index contributed by atoms with van der Waals surface area (Å²) in [6.45, 7) is 4.86. The first-order valence-electron chi connectivity index (χ1n) is 6.21. The van der Waals surface area contributed by atoms with Gasteiger partial charge in [0.1, 0.15) is 0 Å². The number of hydrogen-bond donors (Lipinski definition) is 0. The van der Waals surface area contributed by atoms with Crippen molar-refractivity contribution in [1.29, 1.82) is 0 Å². The molecule has 0 aromatic carbocycles. The van der Waals surface area contributed by atoms with Crippen LogP contribution in [0.3, 0.4) is 0 Å². The van der Waals surface area contributed by atoms with Gasteiger partial charge >= 0.3 is 0 Å². The van der Waals surface area contributed by atoms with Crippen molar-refractivity contribution in [2.24, 2.45) is 0 Å². The predicted octanol–water partition coefficient (Wildman–Crippen LogP) is 1.98. The molecular weight excluding hydrogens is 248 g/mol. The largest absolute Gasteiger partial charge is 0.260 e. The van der Waals surface area contributed by atoms with E-state index in [-0.39, 0.29) is 5.03 Å². The molecule has 0 bridgehead atoms. The van der Waals surface area contributed by atoms with Crippen LogP contribution in [-0.4, -0.2) is 30.8 Å². The number of pyridine rings is 1. The summed E-state index contributed by atoms with van der Waals surface area (Å²) >= 11 is 0. The van der Waals surface area contributed by atoms with Crippen LogP contribution in [0.1, 0.15) is 24.8 Å². The van der Waals surface area contributed by atoms with E-state index in [1.807, 2.05) is 0 Å². The molecule has 0 atom stereocenters. The van der Waals surface area contributed by atoms with Crippen molar-refractivity contribution in [2.75, 3.05) is 13.1 Å². The average molecular weight is 266 g/mol. The van der Waals surface area contributed by atoms with E-state index >= 15 is 0 Å². The lowest BCUT2D eigenvalue weighted by molar-refractivity contribution is 0.345. The molecule has 0 saturated carbocycles. The molecule has 98 valence electrons. The van der Waals surface area contributed by atoms with E-state index in [1.165, 1.54) is 6.20 Å². The molecule has 0 aliphatic carbocycles. The predicted molar refractivity (Wildman–Crippen MR) is 70.7 cm³/mol. The van der Waals surface area contributed by atoms with Crippen LogP contribution in [0.5, 0.6) is 0 Å². The first-order chi connectivity index (χ1) is 8.66. The van der Waals surface area contributed by atoms with Gasteiger partial charge in [0.15, 0.2) is 5.03 Å². The summed E-state index contributed by atoms with van der Waals surface area (Å²) in [7, 11) is -3.44. The lowest BCUT2D eigenvalue weighted by atomic mass is 10.2. The number of sulfonamides is 1. The number of piperidine rings is 1. The van der Waals surface area contributed by atoms with Crippen molar-refractivity contribution >= 4 is 10.0 Å². The fourth-order valence-electron chi connectivity index (χ4n) is 2.19. The molecule has 0 unspecified atom stereocenters. The molecule has 1 aromatic heterocycles. The second kappa shape index (κ2) is 5.63. The highest BCUT2D eigenvalue weighted by molar-refractivity contribution is 7.89. The van der Waals surface area contributed by atoms with E-state index in [0.29, 0.717) is 19.5 Å². The fraction of sp³-hybridized carbons (Fsp3) is 0.462. The monoisotopic (exact) mass is 266 g/mol. The third-order valence-electron chi connectivity index (χ3n) is 3.11. The standard InChI is InChI=1S/C13H18N2O2S/c1-2-7-12-8-6-9-14-13(12)18(16,17)15-10-4-3-5-11-15/h2,6,8-9H,1,3-5,7,10-11H2. The molecule has 5 heteroatoms. The van der Waals surface area contributed by atoms with Crippen molar-refractivity contribution in [3.8, 4) is 0 Å². The minimum absolute atomic E-state index is 0.187. The zero-order valence-corrected chi connectivity index (χ0v) is 11.2. The Morgan fingerprint density at radius 1 is 1.33 bits per heavy atom. The summed E-state index contributed by atoms with van der Waals surface area (Å²) in [5, 5.41) is 0.187. The zero-order valence-electron chi connectivity index (χ0n) is 10.4. The topological polar surface area (TPSA) is 50.3 Å². The van der Waals surface area contributed by atoms with Crippen molar-refractivity contribution in [3.05, 3.63) is 36.5 Å². The average Bonchev–Trinajstić information content (AvgIpc) is 2.41. The molecule has 1 aliphatic rings. The summed E-state index contributed by atoms with van der Waals surface area (Å²) in [5.74, 6) is 0. The van der Waals surface area contributed by atoms with Crippen LogP contribution < -0.4 is 0 Å². The van der Waals surface area contributed by atoms with Crippen molar-refractivity contribution in [2.45, 2.75) is 30.7 Å². The maximum atomic E-state index is 12.5. The van der Waals surface area contributed by atoms with E-state index < -0.39 is 10.0 Å². The van der Waals surface area contributed by atoms with E-state index in [2.05, 4.69) is 11.6 Å². The Balaban J connectivity index is 2.36. The first-order valence-corrected chi connectivity index (χ1v) is 7.65. The number of hydrogen-bond acceptors (Lipinski definition) is 3. The summed E-state index contributed by atoms with van der Waals surface area (Å²) in [6.07, 6.45) is 6.73. The minimum Gasteiger partial charge on any atom is -0.243 e. The molecular formula is C13H18N2O2S. The third-order valence-corrected chi connectivity index (χ3v) is 5.01. The van der Waals surface area contributed by atoms with E-state index in [4.69, 9.17) is 0 Å². The van der Waals surface area contributed by atoms with Crippen LogP contribution in [0.4, 0.5) is 0 Å². The molecule has 4 nitrogen and oxygen atoms in total. The molecule has 1 saturated heterocycles. The smallest absolute Gasteiger partial charge is 0.243 e.